The lowest BCUT2D eigenvalue weighted by Gasteiger charge is -2.28. The molecule has 0 unspecified atom stereocenters. The fourth-order valence-corrected chi connectivity index (χ4v) is 5.84. The second-order valence-electron chi connectivity index (χ2n) is 8.18. The number of aliphatic hydroxyl groups excluding tert-OH is 1. The monoisotopic (exact) mass is 775 g/mol. The lowest BCUT2D eigenvalue weighted by molar-refractivity contribution is -0.136. The third-order valence-corrected chi connectivity index (χ3v) is 7.01. The number of nitrogens with one attached hydrogen (secondary N) is 3. The first kappa shape index (κ1) is 31.2. The molecule has 0 fully saturated rings. The number of hydrogen-bond acceptors (Lipinski definition) is 10. The van der Waals surface area contributed by atoms with Crippen LogP contribution in [-0.2, 0) is 9.53 Å². The van der Waals surface area contributed by atoms with E-state index in [0.717, 1.165) is 12.7 Å². The third kappa shape index (κ3) is 8.11. The summed E-state index contributed by atoms with van der Waals surface area (Å²) in [6, 6.07) is 9.41. The van der Waals surface area contributed by atoms with Crippen molar-refractivity contribution in [1.29, 1.82) is 5.26 Å². The Morgan fingerprint density at radius 3 is 2.60 bits per heavy atom. The fourth-order valence-electron chi connectivity index (χ4n) is 3.72. The van der Waals surface area contributed by atoms with Crippen LogP contribution in [0.15, 0.2) is 46.7 Å². The van der Waals surface area contributed by atoms with Gasteiger partial charge in [0.1, 0.15) is 18.4 Å². The summed E-state index contributed by atoms with van der Waals surface area (Å²) >= 11 is 4.24. The molecular formula is C26H27I2N5O7. The zero-order valence-corrected chi connectivity index (χ0v) is 26.1. The number of nitriles is 1. The first-order chi connectivity index (χ1) is 19.2. The lowest BCUT2D eigenvalue weighted by Crippen LogP contribution is -2.45. The number of halogens is 2. The number of aliphatic hydroxyl groups is 1. The van der Waals surface area contributed by atoms with Crippen LogP contribution < -0.4 is 30.3 Å². The summed E-state index contributed by atoms with van der Waals surface area (Å²) in [5.74, 6) is 0.782. The van der Waals surface area contributed by atoms with Gasteiger partial charge in [0.05, 0.1) is 38.7 Å². The Morgan fingerprint density at radius 2 is 1.95 bits per heavy atom. The number of hydrazone groups is 1. The summed E-state index contributed by atoms with van der Waals surface area (Å²) in [6.45, 7) is 3.57. The molecule has 40 heavy (non-hydrogen) atoms. The molecule has 1 aliphatic heterocycles. The third-order valence-electron chi connectivity index (χ3n) is 5.41. The second-order valence-corrected chi connectivity index (χ2v) is 10.5. The highest BCUT2D eigenvalue weighted by molar-refractivity contribution is 14.1. The number of ether oxygens (including phenoxy) is 4. The van der Waals surface area contributed by atoms with Crippen molar-refractivity contribution >= 4 is 63.4 Å². The van der Waals surface area contributed by atoms with E-state index in [1.165, 1.54) is 7.11 Å². The van der Waals surface area contributed by atoms with E-state index in [1.807, 2.05) is 25.1 Å². The number of rotatable bonds is 12. The van der Waals surface area contributed by atoms with E-state index in [1.54, 1.807) is 31.3 Å². The van der Waals surface area contributed by atoms with Crippen LogP contribution in [-0.4, -0.2) is 56.5 Å². The van der Waals surface area contributed by atoms with Crippen molar-refractivity contribution in [3.8, 4) is 23.3 Å². The van der Waals surface area contributed by atoms with Gasteiger partial charge in [-0.1, -0.05) is 6.07 Å². The second kappa shape index (κ2) is 14.9. The molecule has 2 aromatic rings. The van der Waals surface area contributed by atoms with Crippen LogP contribution in [0, 0.1) is 18.5 Å². The van der Waals surface area contributed by atoms with E-state index in [-0.39, 0.29) is 18.8 Å². The van der Waals surface area contributed by atoms with Gasteiger partial charge in [0, 0.05) is 5.70 Å². The van der Waals surface area contributed by atoms with Crippen LogP contribution in [0.2, 0.25) is 0 Å². The molecule has 3 rings (SSSR count). The number of methoxy groups -OCH3 is 1. The van der Waals surface area contributed by atoms with E-state index in [9.17, 15) is 14.7 Å². The molecule has 0 saturated carbocycles. The van der Waals surface area contributed by atoms with Crippen LogP contribution in [0.4, 0.5) is 4.79 Å². The maximum Gasteiger partial charge on any atom is 0.337 e. The molecule has 2 amide bonds. The molecule has 12 nitrogen and oxygen atoms in total. The van der Waals surface area contributed by atoms with Crippen LogP contribution in [0.25, 0.3) is 0 Å². The molecule has 1 heterocycles. The first-order valence-corrected chi connectivity index (χ1v) is 14.1. The van der Waals surface area contributed by atoms with Gasteiger partial charge in [0.25, 0.3) is 0 Å². The first-order valence-electron chi connectivity index (χ1n) is 11.9. The molecule has 14 heteroatoms. The molecule has 0 radical (unpaired) electrons. The zero-order chi connectivity index (χ0) is 29.2. The van der Waals surface area contributed by atoms with Crippen molar-refractivity contribution in [1.82, 2.24) is 16.1 Å². The largest absolute Gasteiger partial charge is 0.490 e. The van der Waals surface area contributed by atoms with Crippen molar-refractivity contribution in [2.45, 2.75) is 26.1 Å². The number of hydrogen-bond donors (Lipinski definition) is 4. The predicted octanol–water partition coefficient (Wildman–Crippen LogP) is 3.32. The van der Waals surface area contributed by atoms with Crippen molar-refractivity contribution in [2.75, 3.05) is 26.9 Å². The van der Waals surface area contributed by atoms with E-state index < -0.39 is 24.3 Å². The summed E-state index contributed by atoms with van der Waals surface area (Å²) in [5.41, 5.74) is 4.62. The summed E-state index contributed by atoms with van der Waals surface area (Å²) < 4.78 is 23.5. The van der Waals surface area contributed by atoms with Gasteiger partial charge in [-0.05, 0) is 94.4 Å². The van der Waals surface area contributed by atoms with Gasteiger partial charge in [-0.2, -0.15) is 10.4 Å². The average Bonchev–Trinajstić information content (AvgIpc) is 2.91. The zero-order valence-electron chi connectivity index (χ0n) is 21.8. The summed E-state index contributed by atoms with van der Waals surface area (Å²) in [5, 5.41) is 28.5. The predicted molar refractivity (Wildman–Crippen MR) is 162 cm³/mol. The van der Waals surface area contributed by atoms with Gasteiger partial charge in [-0.25, -0.2) is 9.59 Å². The molecular weight excluding hydrogens is 748 g/mol. The minimum atomic E-state index is -1.14. The summed E-state index contributed by atoms with van der Waals surface area (Å²) in [6.07, 6.45) is 0.408. The standard InChI is InChI=1S/C26H27I2N5O7/c1-4-38-20-11-16(23-22(25(35)37-3)14(2)31-26(36)32-23)5-6-19(20)40-13-21(34)33-30-12-15-9-17(27)24(18(28)10-15)39-8-7-29/h5-6,9-12,21,23,33-34H,4,8,13H2,1-3H3,(H2,31,32,36)/b30-12-/t21-,23-/m0/s1. The molecule has 2 aromatic carbocycles. The normalized spacial score (nSPS) is 15.5. The van der Waals surface area contributed by atoms with Crippen molar-refractivity contribution in [3.05, 3.63) is 59.9 Å². The quantitative estimate of drug-likeness (QED) is 0.0834. The Balaban J connectivity index is 1.68. The van der Waals surface area contributed by atoms with Crippen molar-refractivity contribution < 1.29 is 33.6 Å². The van der Waals surface area contributed by atoms with E-state index >= 15 is 0 Å². The molecule has 2 atom stereocenters. The molecule has 0 saturated heterocycles. The van der Waals surface area contributed by atoms with Crippen LogP contribution in [0.1, 0.15) is 31.0 Å². The summed E-state index contributed by atoms with van der Waals surface area (Å²) in [4.78, 5) is 24.5. The Morgan fingerprint density at radius 1 is 1.23 bits per heavy atom. The Kier molecular flexibility index (Phi) is 11.6. The number of amides is 2. The van der Waals surface area contributed by atoms with E-state index in [2.05, 4.69) is 66.3 Å². The Bertz CT molecular complexity index is 1340. The maximum absolute atomic E-state index is 12.4. The fraction of sp³-hybridized carbons (Fsp3) is 0.308. The highest BCUT2D eigenvalue weighted by atomic mass is 127. The van der Waals surface area contributed by atoms with Gasteiger partial charge in [-0.3, -0.25) is 5.43 Å². The van der Waals surface area contributed by atoms with Crippen LogP contribution in [0.3, 0.4) is 0 Å². The number of urea groups is 1. The number of carbonyl (C=O) groups is 2. The average molecular weight is 775 g/mol. The van der Waals surface area contributed by atoms with Crippen LogP contribution in [0.5, 0.6) is 17.2 Å². The lowest BCUT2D eigenvalue weighted by atomic mass is 9.95. The van der Waals surface area contributed by atoms with Gasteiger partial charge >= 0.3 is 12.0 Å². The Labute approximate surface area is 258 Å². The Hall–Kier alpha value is -3.30. The van der Waals surface area contributed by atoms with Gasteiger partial charge in [0.2, 0.25) is 0 Å². The molecule has 0 spiro atoms. The van der Waals surface area contributed by atoms with E-state index in [0.29, 0.717) is 35.1 Å². The number of benzene rings is 2. The number of carbonyl (C=O) groups excluding carboxylic acids is 2. The number of allylic oxidation sites excluding steroid dienone is 1. The molecule has 1 aliphatic rings. The van der Waals surface area contributed by atoms with Gasteiger partial charge in [0.15, 0.2) is 24.3 Å². The number of esters is 1. The van der Waals surface area contributed by atoms with Crippen molar-refractivity contribution in [2.24, 2.45) is 5.10 Å². The molecule has 0 bridgehead atoms. The van der Waals surface area contributed by atoms with Gasteiger partial charge < -0.3 is 34.7 Å². The van der Waals surface area contributed by atoms with E-state index in [4.69, 9.17) is 24.2 Å². The number of nitrogens with zero attached hydrogens (tertiary/aromatic N) is 2. The smallest absolute Gasteiger partial charge is 0.337 e. The SMILES string of the molecule is CCOc1cc([C@@H]2NC(=O)NC(C)=C2C(=O)OC)ccc1OC[C@H](O)N/N=C\c1cc(I)c(OCC#N)c(I)c1. The highest BCUT2D eigenvalue weighted by Crippen LogP contribution is 2.35. The topological polar surface area (TPSA) is 164 Å². The molecule has 212 valence electrons. The minimum Gasteiger partial charge on any atom is -0.490 e. The van der Waals surface area contributed by atoms with Crippen molar-refractivity contribution in [3.63, 3.8) is 0 Å². The molecule has 0 aromatic heterocycles. The molecule has 0 aliphatic carbocycles. The summed E-state index contributed by atoms with van der Waals surface area (Å²) in [7, 11) is 1.27. The maximum atomic E-state index is 12.4. The minimum absolute atomic E-state index is 0.0409. The van der Waals surface area contributed by atoms with Crippen LogP contribution >= 0.6 is 45.2 Å². The van der Waals surface area contributed by atoms with Gasteiger partial charge in [-0.15, -0.1) is 0 Å². The highest BCUT2D eigenvalue weighted by Gasteiger charge is 2.32. The molecule has 4 N–H and O–H groups in total.